The smallest absolute Gasteiger partial charge is 0.141 e. The zero-order valence-electron chi connectivity index (χ0n) is 10.1. The molecule has 0 aliphatic carbocycles. The molecule has 1 atom stereocenters. The van der Waals surface area contributed by atoms with Crippen molar-refractivity contribution >= 4 is 10.9 Å². The second-order valence-corrected chi connectivity index (χ2v) is 4.33. The first-order valence-electron chi connectivity index (χ1n) is 5.96. The number of benzene rings is 1. The SMILES string of the molecule is NC(c1ccc2ncccc2c1)c1ccc(F)cn1. The van der Waals surface area contributed by atoms with Gasteiger partial charge >= 0.3 is 0 Å². The molecule has 0 bridgehead atoms. The van der Waals surface area contributed by atoms with Gasteiger partial charge in [0.15, 0.2) is 0 Å². The minimum absolute atomic E-state index is 0.362. The van der Waals surface area contributed by atoms with Crippen molar-refractivity contribution in [3.05, 3.63) is 71.9 Å². The molecule has 1 aromatic carbocycles. The summed E-state index contributed by atoms with van der Waals surface area (Å²) in [5, 5.41) is 1.03. The van der Waals surface area contributed by atoms with Crippen LogP contribution >= 0.6 is 0 Å². The van der Waals surface area contributed by atoms with E-state index in [2.05, 4.69) is 9.97 Å². The lowest BCUT2D eigenvalue weighted by molar-refractivity contribution is 0.617. The number of nitrogens with two attached hydrogens (primary N) is 1. The first kappa shape index (κ1) is 11.7. The number of nitrogens with zero attached hydrogens (tertiary/aromatic N) is 2. The Morgan fingerprint density at radius 2 is 1.95 bits per heavy atom. The highest BCUT2D eigenvalue weighted by molar-refractivity contribution is 5.79. The summed E-state index contributed by atoms with van der Waals surface area (Å²) in [5.74, 6) is -0.362. The second-order valence-electron chi connectivity index (χ2n) is 4.33. The Balaban J connectivity index is 2.01. The van der Waals surface area contributed by atoms with Crippen LogP contribution in [0.25, 0.3) is 10.9 Å². The van der Waals surface area contributed by atoms with Crippen LogP contribution in [-0.2, 0) is 0 Å². The maximum Gasteiger partial charge on any atom is 0.141 e. The van der Waals surface area contributed by atoms with Crippen molar-refractivity contribution in [3.63, 3.8) is 0 Å². The number of halogens is 1. The first-order chi connectivity index (χ1) is 9.24. The van der Waals surface area contributed by atoms with Gasteiger partial charge in [0.1, 0.15) is 5.82 Å². The van der Waals surface area contributed by atoms with Gasteiger partial charge in [-0.3, -0.25) is 9.97 Å². The lowest BCUT2D eigenvalue weighted by Gasteiger charge is -2.12. The number of hydrogen-bond acceptors (Lipinski definition) is 3. The van der Waals surface area contributed by atoms with E-state index < -0.39 is 0 Å². The van der Waals surface area contributed by atoms with E-state index in [9.17, 15) is 4.39 Å². The topological polar surface area (TPSA) is 51.8 Å². The van der Waals surface area contributed by atoms with Crippen molar-refractivity contribution in [2.45, 2.75) is 6.04 Å². The van der Waals surface area contributed by atoms with Crippen LogP contribution < -0.4 is 5.73 Å². The van der Waals surface area contributed by atoms with Crippen LogP contribution in [0.1, 0.15) is 17.3 Å². The van der Waals surface area contributed by atoms with Crippen LogP contribution in [0.4, 0.5) is 4.39 Å². The molecule has 3 aromatic rings. The average Bonchev–Trinajstić information content (AvgIpc) is 2.47. The van der Waals surface area contributed by atoms with Gasteiger partial charge in [-0.2, -0.15) is 0 Å². The van der Waals surface area contributed by atoms with Crippen LogP contribution in [0.2, 0.25) is 0 Å². The van der Waals surface area contributed by atoms with Gasteiger partial charge < -0.3 is 5.73 Å². The lowest BCUT2D eigenvalue weighted by Crippen LogP contribution is -2.13. The molecule has 3 rings (SSSR count). The Hall–Kier alpha value is -2.33. The molecule has 0 aliphatic rings. The van der Waals surface area contributed by atoms with Crippen molar-refractivity contribution in [1.82, 2.24) is 9.97 Å². The first-order valence-corrected chi connectivity index (χ1v) is 5.96. The largest absolute Gasteiger partial charge is 0.319 e. The van der Waals surface area contributed by atoms with Gasteiger partial charge in [0.2, 0.25) is 0 Å². The lowest BCUT2D eigenvalue weighted by atomic mass is 10.0. The summed E-state index contributed by atoms with van der Waals surface area (Å²) in [6, 6.07) is 12.3. The molecule has 0 radical (unpaired) electrons. The number of rotatable bonds is 2. The van der Waals surface area contributed by atoms with E-state index in [0.29, 0.717) is 5.69 Å². The molecule has 0 amide bonds. The summed E-state index contributed by atoms with van der Waals surface area (Å²) in [4.78, 5) is 8.28. The molecule has 0 saturated carbocycles. The number of hydrogen-bond donors (Lipinski definition) is 1. The van der Waals surface area contributed by atoms with Crippen molar-refractivity contribution in [3.8, 4) is 0 Å². The number of pyridine rings is 2. The predicted octanol–water partition coefficient (Wildman–Crippen LogP) is 2.82. The van der Waals surface area contributed by atoms with Crippen molar-refractivity contribution in [1.29, 1.82) is 0 Å². The summed E-state index contributed by atoms with van der Waals surface area (Å²) in [5.41, 5.74) is 8.65. The molecule has 2 N–H and O–H groups in total. The third kappa shape index (κ3) is 2.30. The maximum atomic E-state index is 12.8. The molecule has 4 heteroatoms. The molecular weight excluding hydrogens is 241 g/mol. The van der Waals surface area contributed by atoms with E-state index in [0.717, 1.165) is 16.5 Å². The van der Waals surface area contributed by atoms with E-state index in [1.165, 1.54) is 12.3 Å². The molecule has 94 valence electrons. The fraction of sp³-hybridized carbons (Fsp3) is 0.0667. The van der Waals surface area contributed by atoms with Crippen molar-refractivity contribution < 1.29 is 4.39 Å². The van der Waals surface area contributed by atoms with E-state index >= 15 is 0 Å². The summed E-state index contributed by atoms with van der Waals surface area (Å²) in [6.07, 6.45) is 2.93. The predicted molar refractivity (Wildman–Crippen MR) is 72.0 cm³/mol. The van der Waals surface area contributed by atoms with Crippen LogP contribution in [-0.4, -0.2) is 9.97 Å². The Morgan fingerprint density at radius 1 is 1.05 bits per heavy atom. The van der Waals surface area contributed by atoms with Gasteiger partial charge in [0.25, 0.3) is 0 Å². The summed E-state index contributed by atoms with van der Waals surface area (Å²) >= 11 is 0. The second kappa shape index (κ2) is 4.74. The highest BCUT2D eigenvalue weighted by Crippen LogP contribution is 2.21. The minimum Gasteiger partial charge on any atom is -0.319 e. The van der Waals surface area contributed by atoms with Crippen LogP contribution in [0.5, 0.6) is 0 Å². The molecule has 0 spiro atoms. The van der Waals surface area contributed by atoms with Gasteiger partial charge in [-0.25, -0.2) is 4.39 Å². The number of aromatic nitrogens is 2. The number of fused-ring (bicyclic) bond motifs is 1. The third-order valence-electron chi connectivity index (χ3n) is 3.06. The van der Waals surface area contributed by atoms with Crippen molar-refractivity contribution in [2.24, 2.45) is 5.73 Å². The Kier molecular flexibility index (Phi) is 2.93. The Bertz CT molecular complexity index is 710. The third-order valence-corrected chi connectivity index (χ3v) is 3.06. The molecule has 0 aliphatic heterocycles. The molecule has 1 unspecified atom stereocenters. The van der Waals surface area contributed by atoms with Gasteiger partial charge in [-0.1, -0.05) is 12.1 Å². The molecule has 2 aromatic heterocycles. The standard InChI is InChI=1S/C15H12FN3/c16-12-4-6-14(19-9-12)15(17)11-3-5-13-10(8-11)2-1-7-18-13/h1-9,15H,17H2. The minimum atomic E-state index is -0.370. The van der Waals surface area contributed by atoms with Crippen LogP contribution in [0.15, 0.2) is 54.9 Å². The van der Waals surface area contributed by atoms with Gasteiger partial charge in [0, 0.05) is 11.6 Å². The summed E-state index contributed by atoms with van der Waals surface area (Å²) in [7, 11) is 0. The van der Waals surface area contributed by atoms with Gasteiger partial charge in [0.05, 0.1) is 23.4 Å². The quantitative estimate of drug-likeness (QED) is 0.764. The van der Waals surface area contributed by atoms with E-state index in [4.69, 9.17) is 5.73 Å². The van der Waals surface area contributed by atoms with E-state index in [1.807, 2.05) is 30.3 Å². The zero-order chi connectivity index (χ0) is 13.2. The van der Waals surface area contributed by atoms with E-state index in [-0.39, 0.29) is 11.9 Å². The van der Waals surface area contributed by atoms with Gasteiger partial charge in [-0.15, -0.1) is 0 Å². The molecule has 0 fully saturated rings. The normalized spacial score (nSPS) is 12.5. The maximum absolute atomic E-state index is 12.8. The zero-order valence-corrected chi connectivity index (χ0v) is 10.1. The van der Waals surface area contributed by atoms with Crippen LogP contribution in [0, 0.1) is 5.82 Å². The van der Waals surface area contributed by atoms with Gasteiger partial charge in [-0.05, 0) is 35.9 Å². The average molecular weight is 253 g/mol. The summed E-state index contributed by atoms with van der Waals surface area (Å²) < 4.78 is 12.8. The molecular formula is C15H12FN3. The fourth-order valence-electron chi connectivity index (χ4n) is 2.03. The van der Waals surface area contributed by atoms with Crippen molar-refractivity contribution in [2.75, 3.05) is 0 Å². The molecule has 3 nitrogen and oxygen atoms in total. The van der Waals surface area contributed by atoms with E-state index in [1.54, 1.807) is 12.3 Å². The Labute approximate surface area is 109 Å². The monoisotopic (exact) mass is 253 g/mol. The molecule has 19 heavy (non-hydrogen) atoms. The Morgan fingerprint density at radius 3 is 2.74 bits per heavy atom. The highest BCUT2D eigenvalue weighted by Gasteiger charge is 2.11. The molecule has 0 saturated heterocycles. The highest BCUT2D eigenvalue weighted by atomic mass is 19.1. The molecule has 2 heterocycles. The van der Waals surface area contributed by atoms with Crippen LogP contribution in [0.3, 0.4) is 0 Å². The summed E-state index contributed by atoms with van der Waals surface area (Å²) in [6.45, 7) is 0. The fourth-order valence-corrected chi connectivity index (χ4v) is 2.03.